The Morgan fingerprint density at radius 3 is 2.31 bits per heavy atom. The number of hydrogen-bond acceptors (Lipinski definition) is 2. The molecule has 2 unspecified atom stereocenters. The van der Waals surface area contributed by atoms with Crippen LogP contribution in [0.1, 0.15) is 59.3 Å². The lowest BCUT2D eigenvalue weighted by atomic mass is 10.0. The molecule has 1 N–H and O–H groups in total. The van der Waals surface area contributed by atoms with E-state index in [-0.39, 0.29) is 0 Å². The van der Waals surface area contributed by atoms with Crippen molar-refractivity contribution in [1.29, 1.82) is 0 Å². The van der Waals surface area contributed by atoms with E-state index in [4.69, 9.17) is 9.84 Å². The molecule has 0 aromatic carbocycles. The van der Waals surface area contributed by atoms with Crippen LogP contribution < -0.4 is 0 Å². The third kappa shape index (κ3) is 6.83. The molecule has 0 aliphatic rings. The Kier molecular flexibility index (Phi) is 9.30. The molecule has 0 amide bonds. The van der Waals surface area contributed by atoms with Crippen LogP contribution in [0.3, 0.4) is 0 Å². The monoisotopic (exact) mass is 230 g/mol. The largest absolute Gasteiger partial charge is 0.479 e. The molecular formula is C13H26O3. The highest BCUT2D eigenvalue weighted by Crippen LogP contribution is 2.15. The number of ether oxygens (including phenoxy) is 1. The van der Waals surface area contributed by atoms with Crippen LogP contribution >= 0.6 is 0 Å². The van der Waals surface area contributed by atoms with Crippen molar-refractivity contribution in [2.24, 2.45) is 5.92 Å². The summed E-state index contributed by atoms with van der Waals surface area (Å²) in [5, 5.41) is 8.94. The van der Waals surface area contributed by atoms with E-state index >= 15 is 0 Å². The molecule has 0 rings (SSSR count). The molecule has 0 aromatic heterocycles. The molecule has 0 saturated carbocycles. The summed E-state index contributed by atoms with van der Waals surface area (Å²) in [5.74, 6) is -0.314. The number of carboxylic acid groups (broad SMARTS) is 1. The molecule has 0 spiro atoms. The molecular weight excluding hydrogens is 204 g/mol. The average Bonchev–Trinajstić information content (AvgIpc) is 2.27. The first-order chi connectivity index (χ1) is 7.65. The predicted octanol–water partition coefficient (Wildman–Crippen LogP) is 3.47. The smallest absolute Gasteiger partial charge is 0.332 e. The fourth-order valence-electron chi connectivity index (χ4n) is 1.69. The van der Waals surface area contributed by atoms with Crippen molar-refractivity contribution in [3.8, 4) is 0 Å². The van der Waals surface area contributed by atoms with Gasteiger partial charge in [0.1, 0.15) is 0 Å². The van der Waals surface area contributed by atoms with Gasteiger partial charge in [-0.15, -0.1) is 0 Å². The number of unbranched alkanes of at least 4 members (excludes halogenated alkanes) is 1. The summed E-state index contributed by atoms with van der Waals surface area (Å²) >= 11 is 0. The summed E-state index contributed by atoms with van der Waals surface area (Å²) in [6, 6.07) is 0. The SMILES string of the molecule is CCCCC(CC)COC(CCC)C(=O)O. The van der Waals surface area contributed by atoms with Gasteiger partial charge in [0.05, 0.1) is 6.61 Å². The number of aliphatic carboxylic acids is 1. The minimum absolute atomic E-state index is 0.513. The lowest BCUT2D eigenvalue weighted by molar-refractivity contribution is -0.151. The molecule has 0 saturated heterocycles. The van der Waals surface area contributed by atoms with Crippen molar-refractivity contribution in [2.75, 3.05) is 6.61 Å². The summed E-state index contributed by atoms with van der Waals surface area (Å²) in [4.78, 5) is 10.9. The van der Waals surface area contributed by atoms with Gasteiger partial charge < -0.3 is 9.84 Å². The van der Waals surface area contributed by atoms with Crippen LogP contribution in [0.25, 0.3) is 0 Å². The third-order valence-electron chi connectivity index (χ3n) is 2.90. The summed E-state index contributed by atoms with van der Waals surface area (Å²) in [5.41, 5.74) is 0. The molecule has 2 atom stereocenters. The third-order valence-corrected chi connectivity index (χ3v) is 2.90. The molecule has 0 bridgehead atoms. The van der Waals surface area contributed by atoms with Crippen molar-refractivity contribution < 1.29 is 14.6 Å². The predicted molar refractivity (Wildman–Crippen MR) is 65.6 cm³/mol. The van der Waals surface area contributed by atoms with E-state index in [9.17, 15) is 4.79 Å². The van der Waals surface area contributed by atoms with E-state index in [2.05, 4.69) is 13.8 Å². The highest BCUT2D eigenvalue weighted by molar-refractivity contribution is 5.72. The van der Waals surface area contributed by atoms with Gasteiger partial charge in [-0.05, 0) is 18.8 Å². The van der Waals surface area contributed by atoms with Crippen molar-refractivity contribution in [2.45, 2.75) is 65.4 Å². The van der Waals surface area contributed by atoms with Gasteiger partial charge in [0.15, 0.2) is 6.10 Å². The maximum Gasteiger partial charge on any atom is 0.332 e. The highest BCUT2D eigenvalue weighted by Gasteiger charge is 2.18. The molecule has 0 aliphatic heterocycles. The molecule has 3 heteroatoms. The van der Waals surface area contributed by atoms with E-state index in [1.807, 2.05) is 6.92 Å². The van der Waals surface area contributed by atoms with Gasteiger partial charge in [0.2, 0.25) is 0 Å². The van der Waals surface area contributed by atoms with Crippen molar-refractivity contribution in [3.63, 3.8) is 0 Å². The zero-order valence-corrected chi connectivity index (χ0v) is 10.9. The normalized spacial score (nSPS) is 14.7. The van der Waals surface area contributed by atoms with E-state index in [0.717, 1.165) is 19.3 Å². The number of carbonyl (C=O) groups is 1. The summed E-state index contributed by atoms with van der Waals surface area (Å²) in [7, 11) is 0. The topological polar surface area (TPSA) is 46.5 Å². The second-order valence-electron chi connectivity index (χ2n) is 4.37. The summed E-state index contributed by atoms with van der Waals surface area (Å²) in [6.45, 7) is 6.88. The Labute approximate surface area is 99.2 Å². The van der Waals surface area contributed by atoms with Gasteiger partial charge >= 0.3 is 5.97 Å². The lowest BCUT2D eigenvalue weighted by Crippen LogP contribution is -2.26. The standard InChI is InChI=1S/C13H26O3/c1-4-7-9-11(6-3)10-16-12(8-5-2)13(14)15/h11-12H,4-10H2,1-3H3,(H,14,15). The van der Waals surface area contributed by atoms with Crippen LogP contribution in [-0.2, 0) is 9.53 Å². The van der Waals surface area contributed by atoms with E-state index < -0.39 is 12.1 Å². The quantitative estimate of drug-likeness (QED) is 0.625. The van der Waals surface area contributed by atoms with Crippen LogP contribution in [-0.4, -0.2) is 23.8 Å². The first-order valence-electron chi connectivity index (χ1n) is 6.50. The zero-order valence-electron chi connectivity index (χ0n) is 10.9. The zero-order chi connectivity index (χ0) is 12.4. The summed E-state index contributed by atoms with van der Waals surface area (Å²) < 4.78 is 5.49. The molecule has 0 radical (unpaired) electrons. The van der Waals surface area contributed by atoms with Crippen molar-refractivity contribution in [3.05, 3.63) is 0 Å². The fourth-order valence-corrected chi connectivity index (χ4v) is 1.69. The van der Waals surface area contributed by atoms with Crippen LogP contribution in [0, 0.1) is 5.92 Å². The van der Waals surface area contributed by atoms with E-state index in [1.54, 1.807) is 0 Å². The summed E-state index contributed by atoms with van der Waals surface area (Å²) in [6.07, 6.45) is 5.45. The Hall–Kier alpha value is -0.570. The van der Waals surface area contributed by atoms with Gasteiger partial charge in [0.25, 0.3) is 0 Å². The molecule has 0 aliphatic carbocycles. The van der Waals surface area contributed by atoms with E-state index in [0.29, 0.717) is 18.9 Å². The maximum atomic E-state index is 10.9. The van der Waals surface area contributed by atoms with Crippen LogP contribution in [0.2, 0.25) is 0 Å². The van der Waals surface area contributed by atoms with Crippen molar-refractivity contribution >= 4 is 5.97 Å². The average molecular weight is 230 g/mol. The van der Waals surface area contributed by atoms with Crippen LogP contribution in [0.15, 0.2) is 0 Å². The second kappa shape index (κ2) is 9.64. The molecule has 3 nitrogen and oxygen atoms in total. The molecule has 0 heterocycles. The van der Waals surface area contributed by atoms with Gasteiger partial charge in [-0.2, -0.15) is 0 Å². The Balaban J connectivity index is 3.90. The molecule has 0 fully saturated rings. The Morgan fingerprint density at radius 1 is 1.19 bits per heavy atom. The van der Waals surface area contributed by atoms with E-state index in [1.165, 1.54) is 12.8 Å². The van der Waals surface area contributed by atoms with Crippen LogP contribution in [0.4, 0.5) is 0 Å². The molecule has 0 aromatic rings. The minimum Gasteiger partial charge on any atom is -0.479 e. The van der Waals surface area contributed by atoms with Gasteiger partial charge in [-0.1, -0.05) is 46.5 Å². The molecule has 96 valence electrons. The lowest BCUT2D eigenvalue weighted by Gasteiger charge is -2.18. The minimum atomic E-state index is -0.827. The first kappa shape index (κ1) is 15.4. The second-order valence-corrected chi connectivity index (χ2v) is 4.37. The van der Waals surface area contributed by atoms with Gasteiger partial charge in [-0.25, -0.2) is 4.79 Å². The Bertz CT molecular complexity index is 180. The fraction of sp³-hybridized carbons (Fsp3) is 0.923. The number of rotatable bonds is 10. The van der Waals surface area contributed by atoms with Crippen molar-refractivity contribution in [1.82, 2.24) is 0 Å². The van der Waals surface area contributed by atoms with Gasteiger partial charge in [0, 0.05) is 0 Å². The Morgan fingerprint density at radius 2 is 1.88 bits per heavy atom. The highest BCUT2D eigenvalue weighted by atomic mass is 16.5. The molecule has 16 heavy (non-hydrogen) atoms. The number of hydrogen-bond donors (Lipinski definition) is 1. The maximum absolute atomic E-state index is 10.9. The number of carboxylic acids is 1. The van der Waals surface area contributed by atoms with Gasteiger partial charge in [-0.3, -0.25) is 0 Å². The van der Waals surface area contributed by atoms with Crippen LogP contribution in [0.5, 0.6) is 0 Å². The first-order valence-corrected chi connectivity index (χ1v) is 6.50.